The normalized spacial score (nSPS) is 18.1. The van der Waals surface area contributed by atoms with Crippen molar-refractivity contribution in [2.24, 2.45) is 5.92 Å². The second kappa shape index (κ2) is 8.85. The Morgan fingerprint density at radius 1 is 0.903 bits per heavy atom. The van der Waals surface area contributed by atoms with Crippen LogP contribution in [0, 0.1) is 5.92 Å². The molecule has 2 aliphatic rings. The molecule has 162 valence electrons. The molecule has 0 atom stereocenters. The van der Waals surface area contributed by atoms with Crippen molar-refractivity contribution in [1.82, 2.24) is 9.88 Å². The van der Waals surface area contributed by atoms with Gasteiger partial charge in [0.2, 0.25) is 5.91 Å². The molecule has 2 fully saturated rings. The highest BCUT2D eigenvalue weighted by Gasteiger charge is 2.31. The van der Waals surface area contributed by atoms with E-state index in [2.05, 4.69) is 28.0 Å². The van der Waals surface area contributed by atoms with Crippen LogP contribution in [0.15, 0.2) is 42.5 Å². The Morgan fingerprint density at radius 3 is 2.35 bits per heavy atom. The van der Waals surface area contributed by atoms with Crippen molar-refractivity contribution < 1.29 is 4.79 Å². The van der Waals surface area contributed by atoms with Gasteiger partial charge in [-0.15, -0.1) is 0 Å². The highest BCUT2D eigenvalue weighted by Crippen LogP contribution is 2.32. The lowest BCUT2D eigenvalue weighted by Gasteiger charge is -2.39. The molecule has 8 heteroatoms. The van der Waals surface area contributed by atoms with E-state index in [-0.39, 0.29) is 5.92 Å². The van der Waals surface area contributed by atoms with Gasteiger partial charge in [-0.25, -0.2) is 4.98 Å². The number of para-hydroxylation sites is 1. The number of piperazine rings is 1. The molecule has 2 saturated heterocycles. The predicted molar refractivity (Wildman–Crippen MR) is 130 cm³/mol. The van der Waals surface area contributed by atoms with Crippen LogP contribution < -0.4 is 9.80 Å². The van der Waals surface area contributed by atoms with E-state index >= 15 is 0 Å². The summed E-state index contributed by atoms with van der Waals surface area (Å²) >= 11 is 13.9. The minimum absolute atomic E-state index is 0.113. The number of nitrogens with zero attached hydrogens (tertiary/aromatic N) is 4. The van der Waals surface area contributed by atoms with E-state index in [9.17, 15) is 4.79 Å². The van der Waals surface area contributed by atoms with Crippen molar-refractivity contribution in [3.63, 3.8) is 0 Å². The second-order valence-electron chi connectivity index (χ2n) is 8.14. The quantitative estimate of drug-likeness (QED) is 0.524. The van der Waals surface area contributed by atoms with E-state index in [4.69, 9.17) is 28.2 Å². The van der Waals surface area contributed by atoms with Crippen LogP contribution >= 0.6 is 34.5 Å². The standard InChI is InChI=1S/C23H24Cl2N4OS/c24-18-6-5-17(15-19(18)25)27-11-13-28(14-12-27)22(30)16-7-9-29(10-8-16)23-26-20-3-1-2-4-21(20)31-23/h1-6,15-16H,7-14H2. The van der Waals surface area contributed by atoms with Crippen LogP contribution in [0.3, 0.4) is 0 Å². The second-order valence-corrected chi connectivity index (χ2v) is 9.96. The van der Waals surface area contributed by atoms with Crippen molar-refractivity contribution in [3.8, 4) is 0 Å². The number of hydrogen-bond acceptors (Lipinski definition) is 5. The number of thiazole rings is 1. The zero-order valence-corrected chi connectivity index (χ0v) is 19.5. The molecule has 5 nitrogen and oxygen atoms in total. The third kappa shape index (κ3) is 4.34. The summed E-state index contributed by atoms with van der Waals surface area (Å²) in [5.74, 6) is 0.417. The molecule has 0 aliphatic carbocycles. The van der Waals surface area contributed by atoms with Crippen LogP contribution in [0.4, 0.5) is 10.8 Å². The molecular formula is C23H24Cl2N4OS. The number of fused-ring (bicyclic) bond motifs is 1. The fourth-order valence-electron chi connectivity index (χ4n) is 4.44. The molecule has 31 heavy (non-hydrogen) atoms. The van der Waals surface area contributed by atoms with Gasteiger partial charge in [0.15, 0.2) is 5.13 Å². The lowest BCUT2D eigenvalue weighted by molar-refractivity contribution is -0.136. The molecule has 3 aromatic rings. The number of carbonyl (C=O) groups excluding carboxylic acids is 1. The van der Waals surface area contributed by atoms with Crippen LogP contribution in [-0.2, 0) is 4.79 Å². The summed E-state index contributed by atoms with van der Waals surface area (Å²) in [5, 5.41) is 2.20. The maximum absolute atomic E-state index is 13.1. The Hall–Kier alpha value is -2.02. The van der Waals surface area contributed by atoms with E-state index in [0.29, 0.717) is 16.0 Å². The van der Waals surface area contributed by atoms with Crippen molar-refractivity contribution in [2.75, 3.05) is 49.1 Å². The average molecular weight is 475 g/mol. The summed E-state index contributed by atoms with van der Waals surface area (Å²) in [7, 11) is 0. The molecule has 2 aliphatic heterocycles. The van der Waals surface area contributed by atoms with Crippen LogP contribution in [0.1, 0.15) is 12.8 Å². The molecule has 0 unspecified atom stereocenters. The van der Waals surface area contributed by atoms with Gasteiger partial charge < -0.3 is 14.7 Å². The number of piperidine rings is 1. The van der Waals surface area contributed by atoms with E-state index in [1.165, 1.54) is 4.70 Å². The number of rotatable bonds is 3. The van der Waals surface area contributed by atoms with Gasteiger partial charge in [-0.05, 0) is 43.2 Å². The van der Waals surface area contributed by atoms with Gasteiger partial charge in [-0.1, -0.05) is 46.7 Å². The molecule has 1 aromatic heterocycles. The van der Waals surface area contributed by atoms with Crippen molar-refractivity contribution in [3.05, 3.63) is 52.5 Å². The minimum atomic E-state index is 0.113. The monoisotopic (exact) mass is 474 g/mol. The Balaban J connectivity index is 1.15. The number of aromatic nitrogens is 1. The van der Waals surface area contributed by atoms with Crippen LogP contribution in [-0.4, -0.2) is 55.1 Å². The van der Waals surface area contributed by atoms with Gasteiger partial charge >= 0.3 is 0 Å². The highest BCUT2D eigenvalue weighted by atomic mass is 35.5. The summed E-state index contributed by atoms with van der Waals surface area (Å²) in [6.45, 7) is 4.90. The number of hydrogen-bond donors (Lipinski definition) is 0. The number of anilines is 2. The molecule has 0 N–H and O–H groups in total. The fraction of sp³-hybridized carbons (Fsp3) is 0.391. The maximum atomic E-state index is 13.1. The predicted octanol–water partition coefficient (Wildman–Crippen LogP) is 5.17. The Bertz CT molecular complexity index is 1060. The third-order valence-electron chi connectivity index (χ3n) is 6.26. The van der Waals surface area contributed by atoms with Crippen LogP contribution in [0.2, 0.25) is 10.0 Å². The molecule has 0 spiro atoms. The first-order chi connectivity index (χ1) is 15.1. The van der Waals surface area contributed by atoms with Crippen LogP contribution in [0.5, 0.6) is 0 Å². The molecule has 3 heterocycles. The molecule has 0 saturated carbocycles. The third-order valence-corrected chi connectivity index (χ3v) is 8.09. The Kier molecular flexibility index (Phi) is 5.95. The molecule has 1 amide bonds. The number of amides is 1. The van der Waals surface area contributed by atoms with Crippen molar-refractivity contribution >= 4 is 61.5 Å². The number of benzene rings is 2. The summed E-state index contributed by atoms with van der Waals surface area (Å²) in [6.07, 6.45) is 1.78. The van der Waals surface area contributed by atoms with Gasteiger partial charge in [-0.3, -0.25) is 4.79 Å². The lowest BCUT2D eigenvalue weighted by Crippen LogP contribution is -2.51. The molecule has 5 rings (SSSR count). The largest absolute Gasteiger partial charge is 0.368 e. The minimum Gasteiger partial charge on any atom is -0.368 e. The van der Waals surface area contributed by atoms with Gasteiger partial charge in [0.1, 0.15) is 0 Å². The maximum Gasteiger partial charge on any atom is 0.225 e. The number of halogens is 2. The van der Waals surface area contributed by atoms with Gasteiger partial charge in [0.05, 0.1) is 20.3 Å². The highest BCUT2D eigenvalue weighted by molar-refractivity contribution is 7.22. The molecule has 2 aromatic carbocycles. The first-order valence-electron chi connectivity index (χ1n) is 10.7. The topological polar surface area (TPSA) is 39.7 Å². The molecular weight excluding hydrogens is 451 g/mol. The van der Waals surface area contributed by atoms with Gasteiger partial charge in [-0.2, -0.15) is 0 Å². The smallest absolute Gasteiger partial charge is 0.225 e. The number of carbonyl (C=O) groups is 1. The van der Waals surface area contributed by atoms with E-state index in [0.717, 1.165) is 68.4 Å². The van der Waals surface area contributed by atoms with E-state index < -0.39 is 0 Å². The van der Waals surface area contributed by atoms with E-state index in [1.54, 1.807) is 11.3 Å². The zero-order valence-electron chi connectivity index (χ0n) is 17.1. The molecule has 0 bridgehead atoms. The first-order valence-corrected chi connectivity index (χ1v) is 12.2. The van der Waals surface area contributed by atoms with Crippen LogP contribution in [0.25, 0.3) is 10.2 Å². The average Bonchev–Trinajstić information content (AvgIpc) is 3.25. The van der Waals surface area contributed by atoms with Gasteiger partial charge in [0, 0.05) is 50.9 Å². The Labute approximate surface area is 196 Å². The summed E-state index contributed by atoms with van der Waals surface area (Å²) in [5.41, 5.74) is 2.12. The zero-order chi connectivity index (χ0) is 21.4. The molecule has 0 radical (unpaired) electrons. The van der Waals surface area contributed by atoms with Crippen molar-refractivity contribution in [1.29, 1.82) is 0 Å². The Morgan fingerprint density at radius 2 is 1.65 bits per heavy atom. The first kappa shape index (κ1) is 20.9. The van der Waals surface area contributed by atoms with Crippen molar-refractivity contribution in [2.45, 2.75) is 12.8 Å². The SMILES string of the molecule is O=C(C1CCN(c2nc3ccccc3s2)CC1)N1CCN(c2ccc(Cl)c(Cl)c2)CC1. The fourth-order valence-corrected chi connectivity index (χ4v) is 5.75. The van der Waals surface area contributed by atoms with E-state index in [1.807, 2.05) is 29.2 Å². The summed E-state index contributed by atoms with van der Waals surface area (Å²) in [6, 6.07) is 14.0. The van der Waals surface area contributed by atoms with Gasteiger partial charge in [0.25, 0.3) is 0 Å². The lowest BCUT2D eigenvalue weighted by atomic mass is 9.95. The summed E-state index contributed by atoms with van der Waals surface area (Å²) in [4.78, 5) is 24.5. The summed E-state index contributed by atoms with van der Waals surface area (Å²) < 4.78 is 1.22.